The van der Waals surface area contributed by atoms with E-state index in [0.29, 0.717) is 23.7 Å². The Morgan fingerprint density at radius 3 is 2.09 bits per heavy atom. The van der Waals surface area contributed by atoms with Crippen molar-refractivity contribution in [3.63, 3.8) is 0 Å². The Morgan fingerprint density at radius 2 is 1.38 bits per heavy atom. The lowest BCUT2D eigenvalue weighted by molar-refractivity contribution is 0.593. The van der Waals surface area contributed by atoms with Crippen molar-refractivity contribution in [2.45, 2.75) is 71.6 Å². The minimum atomic E-state index is 0.418. The molecular formula is C30H36N2. The summed E-state index contributed by atoms with van der Waals surface area (Å²) in [6.45, 7) is 13.8. The molecule has 0 aliphatic carbocycles. The number of hydrogen-bond donors (Lipinski definition) is 1. The van der Waals surface area contributed by atoms with E-state index in [-0.39, 0.29) is 0 Å². The summed E-state index contributed by atoms with van der Waals surface area (Å²) < 4.78 is 0. The van der Waals surface area contributed by atoms with Gasteiger partial charge in [-0.3, -0.25) is 4.99 Å². The van der Waals surface area contributed by atoms with Crippen LogP contribution in [0.15, 0.2) is 65.7 Å². The summed E-state index contributed by atoms with van der Waals surface area (Å²) >= 11 is 0. The molecule has 1 aliphatic rings. The normalized spacial score (nSPS) is 18.2. The molecule has 0 fully saturated rings. The van der Waals surface area contributed by atoms with E-state index in [1.54, 1.807) is 0 Å². The molecule has 2 nitrogen and oxygen atoms in total. The smallest absolute Gasteiger partial charge is 0.0699 e. The molecule has 166 valence electrons. The van der Waals surface area contributed by atoms with Crippen molar-refractivity contribution in [2.75, 3.05) is 5.32 Å². The highest BCUT2D eigenvalue weighted by Crippen LogP contribution is 2.42. The van der Waals surface area contributed by atoms with Crippen LogP contribution < -0.4 is 5.32 Å². The van der Waals surface area contributed by atoms with Crippen LogP contribution in [-0.4, -0.2) is 6.21 Å². The second-order valence-electron chi connectivity index (χ2n) is 9.91. The fourth-order valence-corrected chi connectivity index (χ4v) is 4.99. The first-order chi connectivity index (χ1) is 15.4. The van der Waals surface area contributed by atoms with Crippen LogP contribution in [0.5, 0.6) is 0 Å². The summed E-state index contributed by atoms with van der Waals surface area (Å²) in [5, 5.41) is 3.82. The fourth-order valence-electron chi connectivity index (χ4n) is 4.99. The third-order valence-electron chi connectivity index (χ3n) is 6.79. The Hall–Kier alpha value is -2.87. The summed E-state index contributed by atoms with van der Waals surface area (Å²) in [6, 6.07) is 22.0. The van der Waals surface area contributed by atoms with Crippen LogP contribution >= 0.6 is 0 Å². The lowest BCUT2D eigenvalue weighted by Crippen LogP contribution is -2.09. The van der Waals surface area contributed by atoms with Gasteiger partial charge in [0.15, 0.2) is 0 Å². The number of benzene rings is 3. The van der Waals surface area contributed by atoms with Crippen LogP contribution in [0.2, 0.25) is 0 Å². The minimum absolute atomic E-state index is 0.418. The summed E-state index contributed by atoms with van der Waals surface area (Å²) in [5.41, 5.74) is 10.1. The average Bonchev–Trinajstić information content (AvgIpc) is 2.77. The van der Waals surface area contributed by atoms with Gasteiger partial charge in [-0.2, -0.15) is 0 Å². The quantitative estimate of drug-likeness (QED) is 0.436. The molecule has 3 aromatic carbocycles. The Labute approximate surface area is 193 Å². The average molecular weight is 425 g/mol. The van der Waals surface area contributed by atoms with E-state index >= 15 is 0 Å². The predicted octanol–water partition coefficient (Wildman–Crippen LogP) is 9.04. The van der Waals surface area contributed by atoms with E-state index in [1.165, 1.54) is 27.9 Å². The first-order valence-electron chi connectivity index (χ1n) is 12.0. The SMILES string of the molecule is CC(C)c1cccc2c1N=Cc1ccccc1Nc1c(C(C)C)cccc1C(C)CC2C. The molecule has 0 radical (unpaired) electrons. The second-order valence-corrected chi connectivity index (χ2v) is 9.91. The van der Waals surface area contributed by atoms with E-state index in [0.717, 1.165) is 23.4 Å². The molecular weight excluding hydrogens is 388 g/mol. The zero-order valence-electron chi connectivity index (χ0n) is 20.3. The lowest BCUT2D eigenvalue weighted by Gasteiger charge is -2.26. The second kappa shape index (κ2) is 9.32. The summed E-state index contributed by atoms with van der Waals surface area (Å²) in [7, 11) is 0. The number of anilines is 2. The summed E-state index contributed by atoms with van der Waals surface area (Å²) in [5.74, 6) is 1.73. The van der Waals surface area contributed by atoms with Crippen molar-refractivity contribution in [1.82, 2.24) is 0 Å². The highest BCUT2D eigenvalue weighted by molar-refractivity contribution is 5.91. The van der Waals surface area contributed by atoms with Crippen LogP contribution in [0.3, 0.4) is 0 Å². The van der Waals surface area contributed by atoms with Gasteiger partial charge < -0.3 is 5.32 Å². The number of para-hydroxylation sites is 3. The van der Waals surface area contributed by atoms with Crippen molar-refractivity contribution in [1.29, 1.82) is 0 Å². The van der Waals surface area contributed by atoms with E-state index in [9.17, 15) is 0 Å². The summed E-state index contributed by atoms with van der Waals surface area (Å²) in [6.07, 6.45) is 3.13. The van der Waals surface area contributed by atoms with Crippen LogP contribution in [0.1, 0.15) is 99.5 Å². The number of nitrogens with zero attached hydrogens (tertiary/aromatic N) is 1. The molecule has 0 saturated carbocycles. The molecule has 0 spiro atoms. The first-order valence-corrected chi connectivity index (χ1v) is 12.0. The van der Waals surface area contributed by atoms with Crippen LogP contribution in [0.25, 0.3) is 0 Å². The monoisotopic (exact) mass is 424 g/mol. The molecule has 4 rings (SSSR count). The topological polar surface area (TPSA) is 24.4 Å². The van der Waals surface area contributed by atoms with Gasteiger partial charge in [0, 0.05) is 23.2 Å². The van der Waals surface area contributed by atoms with Gasteiger partial charge in [0.1, 0.15) is 0 Å². The molecule has 1 N–H and O–H groups in total. The molecule has 2 unspecified atom stereocenters. The molecule has 0 saturated heterocycles. The van der Waals surface area contributed by atoms with Gasteiger partial charge in [-0.25, -0.2) is 0 Å². The molecule has 1 aliphatic heterocycles. The third-order valence-corrected chi connectivity index (χ3v) is 6.79. The number of aliphatic imine (C=N–C) groups is 1. The van der Waals surface area contributed by atoms with Gasteiger partial charge >= 0.3 is 0 Å². The molecule has 1 heterocycles. The van der Waals surface area contributed by atoms with Gasteiger partial charge in [-0.1, -0.05) is 96.1 Å². The van der Waals surface area contributed by atoms with Crippen molar-refractivity contribution in [3.05, 3.63) is 88.5 Å². The van der Waals surface area contributed by atoms with Crippen molar-refractivity contribution < 1.29 is 0 Å². The highest BCUT2D eigenvalue weighted by atomic mass is 14.9. The molecule has 0 aromatic heterocycles. The Kier molecular flexibility index (Phi) is 6.50. The van der Waals surface area contributed by atoms with Crippen molar-refractivity contribution >= 4 is 23.3 Å². The molecule has 32 heavy (non-hydrogen) atoms. The van der Waals surface area contributed by atoms with Gasteiger partial charge in [0.05, 0.1) is 5.69 Å². The highest BCUT2D eigenvalue weighted by Gasteiger charge is 2.22. The first kappa shape index (κ1) is 22.3. The van der Waals surface area contributed by atoms with Crippen molar-refractivity contribution in [2.24, 2.45) is 4.99 Å². The Bertz CT molecular complexity index is 1120. The molecule has 2 atom stereocenters. The Balaban J connectivity index is 1.95. The van der Waals surface area contributed by atoms with E-state index in [4.69, 9.17) is 4.99 Å². The Morgan fingerprint density at radius 1 is 0.750 bits per heavy atom. The van der Waals surface area contributed by atoms with E-state index in [1.807, 2.05) is 6.21 Å². The standard InChI is InChI=1S/C30H36N2/c1-19(2)24-12-9-14-26-21(5)17-22(6)27-15-10-13-25(20(3)4)30(27)32-28-16-8-7-11-23(28)18-31-29(24)26/h7-16,18-22,32H,17H2,1-6H3. The molecule has 0 amide bonds. The van der Waals surface area contributed by atoms with E-state index in [2.05, 4.69) is 108 Å². The van der Waals surface area contributed by atoms with Crippen LogP contribution in [0, 0.1) is 0 Å². The predicted molar refractivity (Wildman–Crippen MR) is 139 cm³/mol. The van der Waals surface area contributed by atoms with Gasteiger partial charge in [-0.15, -0.1) is 0 Å². The number of rotatable bonds is 2. The zero-order valence-corrected chi connectivity index (χ0v) is 20.3. The van der Waals surface area contributed by atoms with E-state index < -0.39 is 0 Å². The summed E-state index contributed by atoms with van der Waals surface area (Å²) in [4.78, 5) is 5.11. The van der Waals surface area contributed by atoms with Crippen molar-refractivity contribution in [3.8, 4) is 0 Å². The maximum Gasteiger partial charge on any atom is 0.0699 e. The maximum atomic E-state index is 5.11. The lowest BCUT2D eigenvalue weighted by atomic mass is 9.83. The zero-order chi connectivity index (χ0) is 22.8. The molecule has 0 bridgehead atoms. The third kappa shape index (κ3) is 4.37. The number of fused-ring (bicyclic) bond motifs is 3. The van der Waals surface area contributed by atoms with Crippen LogP contribution in [0.4, 0.5) is 17.1 Å². The van der Waals surface area contributed by atoms with Crippen LogP contribution in [-0.2, 0) is 0 Å². The van der Waals surface area contributed by atoms with Gasteiger partial charge in [0.2, 0.25) is 0 Å². The molecule has 2 heteroatoms. The van der Waals surface area contributed by atoms with Gasteiger partial charge in [-0.05, 0) is 58.4 Å². The van der Waals surface area contributed by atoms with Gasteiger partial charge in [0.25, 0.3) is 0 Å². The number of hydrogen-bond acceptors (Lipinski definition) is 2. The fraction of sp³-hybridized carbons (Fsp3) is 0.367. The largest absolute Gasteiger partial charge is 0.355 e. The molecule has 3 aromatic rings. The minimum Gasteiger partial charge on any atom is -0.355 e. The maximum absolute atomic E-state index is 5.11. The number of nitrogens with one attached hydrogen (secondary N) is 1.